The number of rotatable bonds is 6. The van der Waals surface area contributed by atoms with E-state index in [0.29, 0.717) is 5.56 Å². The van der Waals surface area contributed by atoms with Crippen LogP contribution < -0.4 is 0 Å². The number of aromatic amines is 1. The van der Waals surface area contributed by atoms with Crippen LogP contribution in [0.1, 0.15) is 24.0 Å². The quantitative estimate of drug-likeness (QED) is 0.890. The van der Waals surface area contributed by atoms with Gasteiger partial charge in [0.2, 0.25) is 0 Å². The van der Waals surface area contributed by atoms with E-state index in [1.54, 1.807) is 0 Å². The van der Waals surface area contributed by atoms with Gasteiger partial charge in [0.05, 0.1) is 17.3 Å². The Morgan fingerprint density at radius 3 is 2.70 bits per heavy atom. The summed E-state index contributed by atoms with van der Waals surface area (Å²) in [6.07, 6.45) is 4.66. The van der Waals surface area contributed by atoms with Crippen molar-refractivity contribution in [3.8, 4) is 17.3 Å². The highest BCUT2D eigenvalue weighted by atomic mass is 15.2. The van der Waals surface area contributed by atoms with Crippen LogP contribution >= 0.6 is 0 Å². The maximum absolute atomic E-state index is 8.90. The highest BCUT2D eigenvalue weighted by molar-refractivity contribution is 5.63. The number of aromatic nitrogens is 2. The van der Waals surface area contributed by atoms with E-state index in [-0.39, 0.29) is 0 Å². The Morgan fingerprint density at radius 1 is 1.26 bits per heavy atom. The third-order valence-corrected chi connectivity index (χ3v) is 4.44. The van der Waals surface area contributed by atoms with Gasteiger partial charge < -0.3 is 9.80 Å². The first-order valence-corrected chi connectivity index (χ1v) is 8.20. The Labute approximate surface area is 137 Å². The molecule has 0 spiro atoms. The van der Waals surface area contributed by atoms with Crippen LogP contribution in [0.4, 0.5) is 0 Å². The smallest absolute Gasteiger partial charge is 0.0991 e. The molecule has 1 aromatic heterocycles. The maximum atomic E-state index is 8.90. The van der Waals surface area contributed by atoms with E-state index in [1.165, 1.54) is 31.5 Å². The minimum atomic E-state index is 0.675. The van der Waals surface area contributed by atoms with E-state index in [0.717, 1.165) is 30.9 Å². The molecule has 0 unspecified atom stereocenters. The summed E-state index contributed by atoms with van der Waals surface area (Å²) in [5, 5.41) is 16.3. The average molecular weight is 309 g/mol. The van der Waals surface area contributed by atoms with Gasteiger partial charge >= 0.3 is 0 Å². The molecule has 0 radical (unpaired) electrons. The summed E-state index contributed by atoms with van der Waals surface area (Å²) in [5.74, 6) is 0. The van der Waals surface area contributed by atoms with Gasteiger partial charge in [-0.3, -0.25) is 5.10 Å². The molecule has 1 aliphatic heterocycles. The van der Waals surface area contributed by atoms with Crippen molar-refractivity contribution in [1.82, 2.24) is 20.0 Å². The van der Waals surface area contributed by atoms with Gasteiger partial charge in [-0.2, -0.15) is 10.4 Å². The minimum Gasteiger partial charge on any atom is -0.302 e. The number of benzene rings is 1. The molecule has 0 amide bonds. The number of H-pyrrole nitrogens is 1. The van der Waals surface area contributed by atoms with E-state index in [9.17, 15) is 0 Å². The molecule has 120 valence electrons. The van der Waals surface area contributed by atoms with E-state index in [1.807, 2.05) is 30.5 Å². The summed E-state index contributed by atoms with van der Waals surface area (Å²) in [4.78, 5) is 4.88. The molecule has 0 atom stereocenters. The molecular weight excluding hydrogens is 286 g/mol. The van der Waals surface area contributed by atoms with E-state index in [2.05, 4.69) is 33.1 Å². The van der Waals surface area contributed by atoms with Crippen molar-refractivity contribution in [2.75, 3.05) is 33.2 Å². The van der Waals surface area contributed by atoms with Gasteiger partial charge in [0.1, 0.15) is 0 Å². The number of nitrogens with zero attached hydrogens (tertiary/aromatic N) is 4. The third-order valence-electron chi connectivity index (χ3n) is 4.44. The van der Waals surface area contributed by atoms with Crippen molar-refractivity contribution in [2.45, 2.75) is 19.4 Å². The first-order valence-electron chi connectivity index (χ1n) is 8.20. The fraction of sp³-hybridized carbons (Fsp3) is 0.444. The van der Waals surface area contributed by atoms with E-state index < -0.39 is 0 Å². The number of likely N-dealkylation sites (tertiary alicyclic amines) is 1. The molecule has 3 rings (SSSR count). The van der Waals surface area contributed by atoms with Crippen LogP contribution in [0, 0.1) is 11.3 Å². The molecule has 1 fully saturated rings. The molecule has 0 aliphatic carbocycles. The molecule has 5 heteroatoms. The van der Waals surface area contributed by atoms with Crippen LogP contribution in [0.25, 0.3) is 11.3 Å². The molecule has 1 aromatic carbocycles. The van der Waals surface area contributed by atoms with Crippen LogP contribution in [-0.2, 0) is 6.54 Å². The predicted molar refractivity (Wildman–Crippen MR) is 90.7 cm³/mol. The zero-order valence-electron chi connectivity index (χ0n) is 13.6. The topological polar surface area (TPSA) is 58.9 Å². The fourth-order valence-corrected chi connectivity index (χ4v) is 3.08. The summed E-state index contributed by atoms with van der Waals surface area (Å²) >= 11 is 0. The van der Waals surface area contributed by atoms with Crippen LogP contribution in [0.3, 0.4) is 0 Å². The fourth-order valence-electron chi connectivity index (χ4n) is 3.08. The molecule has 23 heavy (non-hydrogen) atoms. The zero-order valence-corrected chi connectivity index (χ0v) is 13.6. The summed E-state index contributed by atoms with van der Waals surface area (Å²) in [5.41, 5.74) is 3.89. The Bertz CT molecular complexity index is 661. The number of hydrogen-bond donors (Lipinski definition) is 1. The summed E-state index contributed by atoms with van der Waals surface area (Å²) in [7, 11) is 2.16. The van der Waals surface area contributed by atoms with Crippen molar-refractivity contribution in [2.24, 2.45) is 0 Å². The molecule has 5 nitrogen and oxygen atoms in total. The normalized spacial score (nSPS) is 15.2. The number of nitrogens with one attached hydrogen (secondary N) is 1. The monoisotopic (exact) mass is 309 g/mol. The molecule has 2 aromatic rings. The molecule has 1 saturated heterocycles. The SMILES string of the molecule is CN(CCN1CCCC1)Cc1c[nH]nc1-c1ccc(C#N)cc1. The molecule has 1 N–H and O–H groups in total. The second-order valence-electron chi connectivity index (χ2n) is 6.23. The predicted octanol–water partition coefficient (Wildman–Crippen LogP) is 2.48. The summed E-state index contributed by atoms with van der Waals surface area (Å²) < 4.78 is 0. The lowest BCUT2D eigenvalue weighted by Gasteiger charge is -2.21. The number of nitriles is 1. The van der Waals surface area contributed by atoms with Gasteiger partial charge in [-0.15, -0.1) is 0 Å². The Morgan fingerprint density at radius 2 is 2.00 bits per heavy atom. The van der Waals surface area contributed by atoms with Crippen molar-refractivity contribution in [3.63, 3.8) is 0 Å². The Kier molecular flexibility index (Phi) is 5.06. The van der Waals surface area contributed by atoms with Gasteiger partial charge in [0.15, 0.2) is 0 Å². The second kappa shape index (κ2) is 7.40. The van der Waals surface area contributed by atoms with Crippen molar-refractivity contribution in [3.05, 3.63) is 41.6 Å². The number of likely N-dealkylation sites (N-methyl/N-ethyl adjacent to an activating group) is 1. The first-order chi connectivity index (χ1) is 11.3. The van der Waals surface area contributed by atoms with Crippen LogP contribution in [0.2, 0.25) is 0 Å². The average Bonchev–Trinajstić information content (AvgIpc) is 3.25. The van der Waals surface area contributed by atoms with Crippen LogP contribution in [-0.4, -0.2) is 53.2 Å². The highest BCUT2D eigenvalue weighted by Gasteiger charge is 2.14. The maximum Gasteiger partial charge on any atom is 0.0991 e. The second-order valence-corrected chi connectivity index (χ2v) is 6.23. The number of hydrogen-bond acceptors (Lipinski definition) is 4. The third kappa shape index (κ3) is 3.98. The van der Waals surface area contributed by atoms with Gasteiger partial charge in [-0.1, -0.05) is 12.1 Å². The van der Waals surface area contributed by atoms with Crippen LogP contribution in [0.15, 0.2) is 30.5 Å². The highest BCUT2D eigenvalue weighted by Crippen LogP contribution is 2.22. The zero-order chi connectivity index (χ0) is 16.1. The van der Waals surface area contributed by atoms with Crippen molar-refractivity contribution >= 4 is 0 Å². The molecule has 1 aliphatic rings. The molecular formula is C18H23N5. The van der Waals surface area contributed by atoms with E-state index >= 15 is 0 Å². The summed E-state index contributed by atoms with van der Waals surface area (Å²) in [6, 6.07) is 9.75. The van der Waals surface area contributed by atoms with Gasteiger partial charge in [-0.25, -0.2) is 0 Å². The van der Waals surface area contributed by atoms with Gasteiger partial charge in [0, 0.05) is 37.0 Å². The molecule has 2 heterocycles. The Balaban J connectivity index is 1.62. The summed E-state index contributed by atoms with van der Waals surface area (Å²) in [6.45, 7) is 5.57. The standard InChI is InChI=1S/C18H23N5/c1-22(10-11-23-8-2-3-9-23)14-17-13-20-21-18(17)16-6-4-15(12-19)5-7-16/h4-7,13H,2-3,8-11,14H2,1H3,(H,20,21). The lowest BCUT2D eigenvalue weighted by molar-refractivity contribution is 0.252. The lowest BCUT2D eigenvalue weighted by Crippen LogP contribution is -2.31. The van der Waals surface area contributed by atoms with Crippen LogP contribution in [0.5, 0.6) is 0 Å². The minimum absolute atomic E-state index is 0.675. The largest absolute Gasteiger partial charge is 0.302 e. The lowest BCUT2D eigenvalue weighted by atomic mass is 10.1. The Hall–Kier alpha value is -2.16. The molecule has 0 saturated carbocycles. The van der Waals surface area contributed by atoms with Gasteiger partial charge in [0.25, 0.3) is 0 Å². The van der Waals surface area contributed by atoms with Crippen molar-refractivity contribution in [1.29, 1.82) is 5.26 Å². The van der Waals surface area contributed by atoms with Crippen molar-refractivity contribution < 1.29 is 0 Å². The van der Waals surface area contributed by atoms with E-state index in [4.69, 9.17) is 5.26 Å². The first kappa shape index (κ1) is 15.7. The molecule has 0 bridgehead atoms. The van der Waals surface area contributed by atoms with Gasteiger partial charge in [-0.05, 0) is 45.1 Å².